The molecule has 0 aromatic carbocycles. The first-order valence-electron chi connectivity index (χ1n) is 7.99. The van der Waals surface area contributed by atoms with Crippen LogP contribution in [0.1, 0.15) is 60.0 Å². The zero-order valence-electron chi connectivity index (χ0n) is 13.2. The van der Waals surface area contributed by atoms with Crippen LogP contribution in [0.3, 0.4) is 0 Å². The largest absolute Gasteiger partial charge is 0.331 e. The molecule has 5 heteroatoms. The van der Waals surface area contributed by atoms with E-state index in [0.717, 1.165) is 36.1 Å². The number of aromatic nitrogens is 3. The summed E-state index contributed by atoms with van der Waals surface area (Å²) >= 11 is 0. The van der Waals surface area contributed by atoms with Gasteiger partial charge in [-0.25, -0.2) is 0 Å². The monoisotopic (exact) mass is 298 g/mol. The minimum Gasteiger partial charge on any atom is -0.331 e. The Morgan fingerprint density at radius 3 is 2.77 bits per heavy atom. The van der Waals surface area contributed by atoms with Gasteiger partial charge < -0.3 is 4.90 Å². The minimum absolute atomic E-state index is 0.0106. The van der Waals surface area contributed by atoms with Gasteiger partial charge in [0.05, 0.1) is 6.04 Å². The lowest BCUT2D eigenvalue weighted by Gasteiger charge is -2.28. The molecule has 0 bridgehead atoms. The Morgan fingerprint density at radius 1 is 1.32 bits per heavy atom. The van der Waals surface area contributed by atoms with Crippen LogP contribution in [-0.2, 0) is 12.8 Å². The molecule has 22 heavy (non-hydrogen) atoms. The maximum Gasteiger partial charge on any atom is 0.275 e. The molecule has 0 saturated carbocycles. The van der Waals surface area contributed by atoms with E-state index in [1.54, 1.807) is 12.4 Å². The summed E-state index contributed by atoms with van der Waals surface area (Å²) in [6.45, 7) is 4.72. The van der Waals surface area contributed by atoms with Gasteiger partial charge in [-0.15, -0.1) is 0 Å². The van der Waals surface area contributed by atoms with E-state index in [1.807, 2.05) is 24.0 Å². The molecule has 5 nitrogen and oxygen atoms in total. The molecule has 1 amide bonds. The number of carbonyl (C=O) groups excluding carboxylic acids is 1. The van der Waals surface area contributed by atoms with Crippen LogP contribution >= 0.6 is 0 Å². The molecule has 1 aliphatic rings. The van der Waals surface area contributed by atoms with E-state index in [4.69, 9.17) is 0 Å². The summed E-state index contributed by atoms with van der Waals surface area (Å²) in [5, 5.41) is 7.37. The highest BCUT2D eigenvalue weighted by Gasteiger charge is 2.27. The van der Waals surface area contributed by atoms with Crippen LogP contribution in [0, 0.1) is 0 Å². The summed E-state index contributed by atoms with van der Waals surface area (Å²) in [5.74, 6) is 0.0196. The Morgan fingerprint density at radius 2 is 2.05 bits per heavy atom. The van der Waals surface area contributed by atoms with Crippen molar-refractivity contribution in [2.75, 3.05) is 6.54 Å². The molecule has 2 aromatic heterocycles. The molecule has 0 saturated heterocycles. The fourth-order valence-corrected chi connectivity index (χ4v) is 3.21. The van der Waals surface area contributed by atoms with Gasteiger partial charge in [0.25, 0.3) is 5.91 Å². The van der Waals surface area contributed by atoms with E-state index in [1.165, 1.54) is 6.42 Å². The van der Waals surface area contributed by atoms with Crippen molar-refractivity contribution in [2.45, 2.75) is 45.6 Å². The topological polar surface area (TPSA) is 61.9 Å². The van der Waals surface area contributed by atoms with Gasteiger partial charge in [-0.05, 0) is 57.2 Å². The highest BCUT2D eigenvalue weighted by molar-refractivity contribution is 5.94. The first kappa shape index (κ1) is 14.8. The van der Waals surface area contributed by atoms with Crippen molar-refractivity contribution in [2.24, 2.45) is 0 Å². The third-order valence-corrected chi connectivity index (χ3v) is 4.52. The molecular formula is C17H22N4O. The third kappa shape index (κ3) is 2.63. The zero-order chi connectivity index (χ0) is 15.5. The van der Waals surface area contributed by atoms with Crippen molar-refractivity contribution in [3.05, 3.63) is 47.0 Å². The second-order valence-corrected chi connectivity index (χ2v) is 5.78. The van der Waals surface area contributed by atoms with Gasteiger partial charge in [0, 0.05) is 30.2 Å². The molecule has 2 aromatic rings. The van der Waals surface area contributed by atoms with E-state index in [-0.39, 0.29) is 11.9 Å². The van der Waals surface area contributed by atoms with Gasteiger partial charge >= 0.3 is 0 Å². The van der Waals surface area contributed by atoms with Crippen LogP contribution in [0.5, 0.6) is 0 Å². The fourth-order valence-electron chi connectivity index (χ4n) is 3.21. The molecular weight excluding hydrogens is 276 g/mol. The number of H-pyrrole nitrogens is 1. The lowest BCUT2D eigenvalue weighted by molar-refractivity contribution is 0.0695. The molecule has 1 N–H and O–H groups in total. The van der Waals surface area contributed by atoms with Crippen LogP contribution in [-0.4, -0.2) is 32.5 Å². The molecule has 3 rings (SSSR count). The molecule has 0 unspecified atom stereocenters. The fraction of sp³-hybridized carbons (Fsp3) is 0.471. The second kappa shape index (κ2) is 6.30. The van der Waals surface area contributed by atoms with Crippen molar-refractivity contribution in [1.82, 2.24) is 20.1 Å². The lowest BCUT2D eigenvalue weighted by atomic mass is 9.95. The predicted molar refractivity (Wildman–Crippen MR) is 84.6 cm³/mol. The van der Waals surface area contributed by atoms with Crippen LogP contribution in [0.25, 0.3) is 0 Å². The second-order valence-electron chi connectivity index (χ2n) is 5.78. The maximum atomic E-state index is 13.0. The number of nitrogens with one attached hydrogen (secondary N) is 1. The molecule has 1 atom stereocenters. The number of amides is 1. The standard InChI is InChI=1S/C17H22N4O/c1-3-21(12(2)13-8-10-18-11-9-13)17(22)16-14-6-4-5-7-15(14)19-20-16/h8-12H,3-7H2,1-2H3,(H,19,20)/t12-/m0/s1. The summed E-state index contributed by atoms with van der Waals surface area (Å²) in [5.41, 5.74) is 3.96. The van der Waals surface area contributed by atoms with E-state index in [2.05, 4.69) is 22.1 Å². The number of nitrogens with zero attached hydrogens (tertiary/aromatic N) is 3. The normalized spacial score (nSPS) is 15.2. The van der Waals surface area contributed by atoms with Crippen molar-refractivity contribution >= 4 is 5.91 Å². The first-order chi connectivity index (χ1) is 10.7. The number of carbonyl (C=O) groups is 1. The van der Waals surface area contributed by atoms with Gasteiger partial charge in [-0.3, -0.25) is 14.9 Å². The van der Waals surface area contributed by atoms with Crippen molar-refractivity contribution < 1.29 is 4.79 Å². The minimum atomic E-state index is 0.0106. The van der Waals surface area contributed by atoms with Crippen molar-refractivity contribution in [3.63, 3.8) is 0 Å². The number of aromatic amines is 1. The Labute approximate surface area is 130 Å². The summed E-state index contributed by atoms with van der Waals surface area (Å²) in [4.78, 5) is 18.9. The third-order valence-electron chi connectivity index (χ3n) is 4.52. The van der Waals surface area contributed by atoms with Gasteiger partial charge in [-0.2, -0.15) is 5.10 Å². The average molecular weight is 298 g/mol. The highest BCUT2D eigenvalue weighted by Crippen LogP contribution is 2.26. The Balaban J connectivity index is 1.87. The Bertz CT molecular complexity index is 650. The smallest absolute Gasteiger partial charge is 0.275 e. The number of pyridine rings is 1. The van der Waals surface area contributed by atoms with Gasteiger partial charge in [0.15, 0.2) is 5.69 Å². The summed E-state index contributed by atoms with van der Waals surface area (Å²) in [6, 6.07) is 3.93. The highest BCUT2D eigenvalue weighted by atomic mass is 16.2. The van der Waals surface area contributed by atoms with Gasteiger partial charge in [-0.1, -0.05) is 0 Å². The van der Waals surface area contributed by atoms with Crippen LogP contribution < -0.4 is 0 Å². The molecule has 1 aliphatic carbocycles. The number of fused-ring (bicyclic) bond motifs is 1. The number of hydrogen-bond acceptors (Lipinski definition) is 3. The number of hydrogen-bond donors (Lipinski definition) is 1. The van der Waals surface area contributed by atoms with E-state index in [0.29, 0.717) is 12.2 Å². The van der Waals surface area contributed by atoms with Crippen LogP contribution in [0.4, 0.5) is 0 Å². The molecule has 116 valence electrons. The molecule has 0 spiro atoms. The SMILES string of the molecule is CCN(C(=O)c1n[nH]c2c1CCCC2)[C@@H](C)c1ccncc1. The van der Waals surface area contributed by atoms with Gasteiger partial charge in [0.2, 0.25) is 0 Å². The quantitative estimate of drug-likeness (QED) is 0.944. The molecule has 0 aliphatic heterocycles. The van der Waals surface area contributed by atoms with Crippen LogP contribution in [0.2, 0.25) is 0 Å². The zero-order valence-corrected chi connectivity index (χ0v) is 13.2. The summed E-state index contributed by atoms with van der Waals surface area (Å²) in [7, 11) is 0. The van der Waals surface area contributed by atoms with E-state index >= 15 is 0 Å². The maximum absolute atomic E-state index is 13.0. The van der Waals surface area contributed by atoms with E-state index in [9.17, 15) is 4.79 Å². The lowest BCUT2D eigenvalue weighted by Crippen LogP contribution is -2.34. The molecule has 0 radical (unpaired) electrons. The average Bonchev–Trinajstić information content (AvgIpc) is 3.00. The van der Waals surface area contributed by atoms with Crippen molar-refractivity contribution in [1.29, 1.82) is 0 Å². The molecule has 2 heterocycles. The number of rotatable bonds is 4. The Hall–Kier alpha value is -2.17. The summed E-state index contributed by atoms with van der Waals surface area (Å²) in [6.07, 6.45) is 7.80. The van der Waals surface area contributed by atoms with Crippen LogP contribution in [0.15, 0.2) is 24.5 Å². The van der Waals surface area contributed by atoms with E-state index < -0.39 is 0 Å². The van der Waals surface area contributed by atoms with Crippen molar-refractivity contribution in [3.8, 4) is 0 Å². The van der Waals surface area contributed by atoms with Gasteiger partial charge in [0.1, 0.15) is 0 Å². The predicted octanol–water partition coefficient (Wildman–Crippen LogP) is 2.91. The summed E-state index contributed by atoms with van der Waals surface area (Å²) < 4.78 is 0. The number of aryl methyl sites for hydroxylation is 1. The molecule has 0 fully saturated rings. The Kier molecular flexibility index (Phi) is 4.22. The first-order valence-corrected chi connectivity index (χ1v) is 7.99.